The van der Waals surface area contributed by atoms with E-state index in [0.717, 1.165) is 19.8 Å². The molecule has 3 rings (SSSR count). The van der Waals surface area contributed by atoms with Crippen LogP contribution in [-0.2, 0) is 4.74 Å². The van der Waals surface area contributed by atoms with Crippen molar-refractivity contribution in [2.45, 2.75) is 45.6 Å². The van der Waals surface area contributed by atoms with E-state index in [1.807, 2.05) is 64.1 Å². The quantitative estimate of drug-likeness (QED) is 0.382. The zero-order valence-corrected chi connectivity index (χ0v) is 17.0. The first-order valence-corrected chi connectivity index (χ1v) is 10.2. The Morgan fingerprint density at radius 2 is 1.77 bits per heavy atom. The molecule has 0 N–H and O–H groups in total. The highest BCUT2D eigenvalue weighted by molar-refractivity contribution is 7.20. The van der Waals surface area contributed by atoms with Crippen molar-refractivity contribution in [3.63, 3.8) is 0 Å². The molecule has 2 aromatic heterocycles. The van der Waals surface area contributed by atoms with E-state index in [9.17, 15) is 9.59 Å². The molecule has 3 nitrogen and oxygen atoms in total. The second-order valence-electron chi connectivity index (χ2n) is 7.38. The lowest BCUT2D eigenvalue weighted by atomic mass is 10.0. The van der Waals surface area contributed by atoms with E-state index in [4.69, 9.17) is 4.74 Å². The number of ketones is 1. The molecule has 0 unspecified atom stereocenters. The molecule has 1 atom stereocenters. The summed E-state index contributed by atoms with van der Waals surface area (Å²) < 4.78 is 6.54. The van der Waals surface area contributed by atoms with Gasteiger partial charge in [0, 0.05) is 16.0 Å². The number of carbonyl (C=O) groups excluding carboxylic acids is 2. The second-order valence-corrected chi connectivity index (χ2v) is 9.58. The number of carbonyl (C=O) groups is 2. The number of fused-ring (bicyclic) bond motifs is 1. The van der Waals surface area contributed by atoms with E-state index in [1.165, 1.54) is 22.7 Å². The van der Waals surface area contributed by atoms with Crippen LogP contribution >= 0.6 is 22.7 Å². The summed E-state index contributed by atoms with van der Waals surface area (Å²) in [5.74, 6) is -0.100. The van der Waals surface area contributed by atoms with Gasteiger partial charge in [-0.1, -0.05) is 25.1 Å². The minimum absolute atomic E-state index is 0.0638. The average molecular weight is 387 g/mol. The first kappa shape index (κ1) is 18.8. The monoisotopic (exact) mass is 386 g/mol. The Labute approximate surface area is 161 Å². The molecule has 0 bridgehead atoms. The standard InChI is InChI=1S/C21H22O3S2/c1-13(16-9-10-18(25-16)20(23)24-21(2,3)4)11-15(22)19-12-14-7-5-6-8-17(14)26-19/h5-10,12-13H,11H2,1-4H3/t13-/m0/s1. The lowest BCUT2D eigenvalue weighted by molar-refractivity contribution is 0.00751. The minimum Gasteiger partial charge on any atom is -0.456 e. The number of Topliss-reactive ketones (excluding diaryl/α,β-unsaturated/α-hetero) is 1. The molecule has 1 aromatic carbocycles. The predicted molar refractivity (Wildman–Crippen MR) is 109 cm³/mol. The number of hydrogen-bond acceptors (Lipinski definition) is 5. The molecule has 2 heterocycles. The number of ether oxygens (including phenoxy) is 1. The van der Waals surface area contributed by atoms with E-state index < -0.39 is 5.60 Å². The second kappa shape index (κ2) is 7.33. The molecule has 3 aromatic rings. The van der Waals surface area contributed by atoms with Gasteiger partial charge in [-0.2, -0.15) is 0 Å². The van der Waals surface area contributed by atoms with Crippen LogP contribution in [0.1, 0.15) is 64.3 Å². The fraction of sp³-hybridized carbons (Fsp3) is 0.333. The smallest absolute Gasteiger partial charge is 0.348 e. The van der Waals surface area contributed by atoms with Crippen molar-refractivity contribution >= 4 is 44.5 Å². The fourth-order valence-electron chi connectivity index (χ4n) is 2.65. The summed E-state index contributed by atoms with van der Waals surface area (Å²) in [7, 11) is 0. The molecule has 0 aliphatic rings. The van der Waals surface area contributed by atoms with Crippen molar-refractivity contribution in [2.24, 2.45) is 0 Å². The van der Waals surface area contributed by atoms with E-state index in [-0.39, 0.29) is 17.7 Å². The van der Waals surface area contributed by atoms with Crippen LogP contribution in [0.2, 0.25) is 0 Å². The lowest BCUT2D eigenvalue weighted by Gasteiger charge is -2.18. The molecule has 0 aliphatic carbocycles. The van der Waals surface area contributed by atoms with Crippen LogP contribution in [0.5, 0.6) is 0 Å². The Morgan fingerprint density at radius 3 is 2.46 bits per heavy atom. The molecule has 0 fully saturated rings. The van der Waals surface area contributed by atoms with Gasteiger partial charge < -0.3 is 4.74 Å². The average Bonchev–Trinajstić information content (AvgIpc) is 3.20. The van der Waals surface area contributed by atoms with Gasteiger partial charge in [0.2, 0.25) is 0 Å². The highest BCUT2D eigenvalue weighted by atomic mass is 32.1. The van der Waals surface area contributed by atoms with E-state index in [1.54, 1.807) is 6.07 Å². The van der Waals surface area contributed by atoms with Crippen LogP contribution in [0.15, 0.2) is 42.5 Å². The molecular weight excluding hydrogens is 364 g/mol. The van der Waals surface area contributed by atoms with Gasteiger partial charge in [0.15, 0.2) is 5.78 Å². The Bertz CT molecular complexity index is 910. The molecular formula is C21H22O3S2. The summed E-state index contributed by atoms with van der Waals surface area (Å²) in [6, 6.07) is 13.7. The minimum atomic E-state index is -0.510. The maximum atomic E-state index is 12.6. The molecule has 136 valence electrons. The first-order valence-electron chi connectivity index (χ1n) is 8.58. The van der Waals surface area contributed by atoms with E-state index in [0.29, 0.717) is 11.3 Å². The van der Waals surface area contributed by atoms with Crippen LogP contribution in [0, 0.1) is 0 Å². The SMILES string of the molecule is C[C@@H](CC(=O)c1cc2ccccc2s1)c1ccc(C(=O)OC(C)(C)C)s1. The summed E-state index contributed by atoms with van der Waals surface area (Å²) in [4.78, 5) is 27.2. The van der Waals surface area contributed by atoms with Crippen molar-refractivity contribution in [3.05, 3.63) is 57.1 Å². The van der Waals surface area contributed by atoms with Gasteiger partial charge in [0.1, 0.15) is 10.5 Å². The van der Waals surface area contributed by atoms with Gasteiger partial charge in [0.25, 0.3) is 0 Å². The Morgan fingerprint density at radius 1 is 1.04 bits per heavy atom. The largest absolute Gasteiger partial charge is 0.456 e. The number of hydrogen-bond donors (Lipinski definition) is 0. The molecule has 5 heteroatoms. The van der Waals surface area contributed by atoms with Gasteiger partial charge in [-0.25, -0.2) is 4.79 Å². The van der Waals surface area contributed by atoms with Crippen LogP contribution in [-0.4, -0.2) is 17.4 Å². The van der Waals surface area contributed by atoms with E-state index >= 15 is 0 Å². The first-order chi connectivity index (χ1) is 12.2. The maximum Gasteiger partial charge on any atom is 0.348 e. The topological polar surface area (TPSA) is 43.4 Å². The highest BCUT2D eigenvalue weighted by Gasteiger charge is 2.22. The van der Waals surface area contributed by atoms with Gasteiger partial charge in [-0.3, -0.25) is 4.79 Å². The Balaban J connectivity index is 1.69. The van der Waals surface area contributed by atoms with Gasteiger partial charge >= 0.3 is 5.97 Å². The fourth-order valence-corrected chi connectivity index (χ4v) is 4.60. The summed E-state index contributed by atoms with van der Waals surface area (Å²) >= 11 is 2.95. The molecule has 26 heavy (non-hydrogen) atoms. The molecule has 0 aliphatic heterocycles. The van der Waals surface area contributed by atoms with Gasteiger partial charge in [0.05, 0.1) is 4.88 Å². The molecule has 0 amide bonds. The molecule has 0 saturated carbocycles. The molecule has 0 spiro atoms. The summed E-state index contributed by atoms with van der Waals surface area (Å²) in [5, 5.41) is 1.11. The third-order valence-electron chi connectivity index (χ3n) is 3.90. The summed E-state index contributed by atoms with van der Waals surface area (Å²) in [6.45, 7) is 7.58. The number of thiophene rings is 2. The van der Waals surface area contributed by atoms with Crippen LogP contribution in [0.4, 0.5) is 0 Å². The number of benzene rings is 1. The number of esters is 1. The van der Waals surface area contributed by atoms with Crippen molar-refractivity contribution in [2.75, 3.05) is 0 Å². The summed E-state index contributed by atoms with van der Waals surface area (Å²) in [6.07, 6.45) is 0.432. The van der Waals surface area contributed by atoms with Crippen molar-refractivity contribution in [3.8, 4) is 0 Å². The van der Waals surface area contributed by atoms with Gasteiger partial charge in [-0.05, 0) is 56.3 Å². The van der Waals surface area contributed by atoms with Crippen LogP contribution in [0.25, 0.3) is 10.1 Å². The number of rotatable bonds is 5. The zero-order valence-electron chi connectivity index (χ0n) is 15.4. The normalized spacial score (nSPS) is 12.9. The molecule has 0 saturated heterocycles. The summed E-state index contributed by atoms with van der Waals surface area (Å²) in [5.41, 5.74) is -0.510. The van der Waals surface area contributed by atoms with Crippen molar-refractivity contribution in [1.82, 2.24) is 0 Å². The zero-order chi connectivity index (χ0) is 18.9. The van der Waals surface area contributed by atoms with Crippen LogP contribution in [0.3, 0.4) is 0 Å². The lowest BCUT2D eigenvalue weighted by Crippen LogP contribution is -2.23. The maximum absolute atomic E-state index is 12.6. The Kier molecular flexibility index (Phi) is 5.30. The third kappa shape index (κ3) is 4.40. The van der Waals surface area contributed by atoms with Gasteiger partial charge in [-0.15, -0.1) is 22.7 Å². The Hall–Kier alpha value is -1.98. The molecule has 0 radical (unpaired) electrons. The third-order valence-corrected chi connectivity index (χ3v) is 6.36. The van der Waals surface area contributed by atoms with E-state index in [2.05, 4.69) is 0 Å². The van der Waals surface area contributed by atoms with Crippen molar-refractivity contribution in [1.29, 1.82) is 0 Å². The van der Waals surface area contributed by atoms with Crippen molar-refractivity contribution < 1.29 is 14.3 Å². The van der Waals surface area contributed by atoms with Crippen LogP contribution < -0.4 is 0 Å². The predicted octanol–water partition coefficient (Wildman–Crippen LogP) is 6.29. The highest BCUT2D eigenvalue weighted by Crippen LogP contribution is 2.32.